The summed E-state index contributed by atoms with van der Waals surface area (Å²) in [5, 5.41) is 11.8. The van der Waals surface area contributed by atoms with E-state index in [1.54, 1.807) is 30.3 Å². The van der Waals surface area contributed by atoms with Crippen molar-refractivity contribution in [3.63, 3.8) is 0 Å². The van der Waals surface area contributed by atoms with Gasteiger partial charge in [-0.1, -0.05) is 60.4 Å². The molecule has 0 atom stereocenters. The summed E-state index contributed by atoms with van der Waals surface area (Å²) in [7, 11) is 0. The summed E-state index contributed by atoms with van der Waals surface area (Å²) in [6.45, 7) is 1.57. The highest BCUT2D eigenvalue weighted by Gasteiger charge is 2.42. The molecule has 2 aromatic rings. The average molecular weight is 482 g/mol. The quantitative estimate of drug-likeness (QED) is 0.482. The molecule has 0 aromatic heterocycles. The van der Waals surface area contributed by atoms with Crippen molar-refractivity contribution in [1.82, 2.24) is 4.90 Å². The van der Waals surface area contributed by atoms with Crippen molar-refractivity contribution in [2.45, 2.75) is 13.3 Å². The zero-order chi connectivity index (χ0) is 23.7. The van der Waals surface area contributed by atoms with E-state index in [0.717, 1.165) is 17.3 Å². The van der Waals surface area contributed by atoms with E-state index >= 15 is 0 Å². The van der Waals surface area contributed by atoms with Crippen molar-refractivity contribution in [2.75, 3.05) is 23.3 Å². The van der Waals surface area contributed by atoms with E-state index in [-0.39, 0.29) is 40.2 Å². The van der Waals surface area contributed by atoms with Crippen LogP contribution in [0.2, 0.25) is 0 Å². The fraction of sp³-hybridized carbons (Fsp3) is 0.174. The third kappa shape index (κ3) is 4.39. The number of thiocarbonyl (C=S) groups is 1. The molecule has 1 saturated heterocycles. The van der Waals surface area contributed by atoms with Crippen LogP contribution in [0.4, 0.5) is 11.4 Å². The fourth-order valence-corrected chi connectivity index (χ4v) is 5.03. The van der Waals surface area contributed by atoms with Crippen LogP contribution in [0.5, 0.6) is 0 Å². The number of carboxylic acids is 1. The highest BCUT2D eigenvalue weighted by atomic mass is 32.2. The van der Waals surface area contributed by atoms with Gasteiger partial charge in [-0.05, 0) is 24.6 Å². The van der Waals surface area contributed by atoms with Gasteiger partial charge in [-0.25, -0.2) is 0 Å². The lowest BCUT2D eigenvalue weighted by Crippen LogP contribution is -2.36. The monoisotopic (exact) mass is 481 g/mol. The Kier molecular flexibility index (Phi) is 6.30. The normalized spacial score (nSPS) is 17.5. The molecule has 168 valence electrons. The maximum absolute atomic E-state index is 13.4. The fourth-order valence-electron chi connectivity index (χ4n) is 3.65. The smallest absolute Gasteiger partial charge is 0.305 e. The molecule has 4 rings (SSSR count). The molecule has 0 bridgehead atoms. The minimum atomic E-state index is -1.05. The number of aliphatic carboxylic acids is 1. The van der Waals surface area contributed by atoms with E-state index < -0.39 is 17.8 Å². The number of nitrogens with one attached hydrogen (secondary N) is 1. The van der Waals surface area contributed by atoms with Gasteiger partial charge in [0.1, 0.15) is 10.9 Å². The Labute approximate surface area is 199 Å². The number of para-hydroxylation sites is 2. The van der Waals surface area contributed by atoms with E-state index in [2.05, 4.69) is 5.32 Å². The van der Waals surface area contributed by atoms with E-state index in [4.69, 9.17) is 17.3 Å². The second-order valence-electron chi connectivity index (χ2n) is 7.44. The molecule has 0 aliphatic carbocycles. The molecule has 10 heteroatoms. The first-order valence-corrected chi connectivity index (χ1v) is 11.3. The number of nitrogens with zero attached hydrogens (tertiary/aromatic N) is 2. The van der Waals surface area contributed by atoms with Gasteiger partial charge in [0.15, 0.2) is 0 Å². The Bertz CT molecular complexity index is 1240. The number of aryl methyl sites for hydroxylation is 1. The van der Waals surface area contributed by atoms with Gasteiger partial charge in [0.2, 0.25) is 5.91 Å². The number of benzene rings is 2. The van der Waals surface area contributed by atoms with Crippen LogP contribution < -0.4 is 10.2 Å². The largest absolute Gasteiger partial charge is 0.481 e. The van der Waals surface area contributed by atoms with Crippen molar-refractivity contribution >= 4 is 68.9 Å². The highest BCUT2D eigenvalue weighted by Crippen LogP contribution is 2.44. The van der Waals surface area contributed by atoms with Crippen molar-refractivity contribution in [3.05, 3.63) is 64.6 Å². The molecule has 0 radical (unpaired) electrons. The number of rotatable bonds is 6. The number of carbonyl (C=O) groups excluding carboxylic acids is 3. The Balaban J connectivity index is 1.63. The molecule has 2 heterocycles. The molecule has 2 N–H and O–H groups in total. The summed E-state index contributed by atoms with van der Waals surface area (Å²) in [4.78, 5) is 52.7. The molecule has 0 spiro atoms. The minimum absolute atomic E-state index is 0.0742. The number of carboxylic acid groups (broad SMARTS) is 1. The molecule has 33 heavy (non-hydrogen) atoms. The van der Waals surface area contributed by atoms with Crippen LogP contribution in [0.1, 0.15) is 17.5 Å². The topological polar surface area (TPSA) is 107 Å². The number of hydrogen-bond acceptors (Lipinski definition) is 6. The molecule has 1 fully saturated rings. The van der Waals surface area contributed by atoms with Crippen LogP contribution in [-0.2, 0) is 19.2 Å². The van der Waals surface area contributed by atoms with E-state index in [1.165, 1.54) is 9.80 Å². The van der Waals surface area contributed by atoms with Crippen LogP contribution in [0.15, 0.2) is 53.4 Å². The second-order valence-corrected chi connectivity index (χ2v) is 9.09. The summed E-state index contributed by atoms with van der Waals surface area (Å²) in [5.74, 6) is -2.40. The Morgan fingerprint density at radius 1 is 1.03 bits per heavy atom. The first-order valence-electron chi connectivity index (χ1n) is 10.0. The number of carbonyl (C=O) groups is 4. The number of thioether (sulfide) groups is 1. The van der Waals surface area contributed by atoms with E-state index in [1.807, 2.05) is 25.1 Å². The Hall–Kier alpha value is -3.50. The highest BCUT2D eigenvalue weighted by molar-refractivity contribution is 8.26. The molecular formula is C23H19N3O5S2. The molecule has 8 nitrogen and oxygen atoms in total. The Morgan fingerprint density at radius 3 is 2.45 bits per heavy atom. The maximum atomic E-state index is 13.4. The van der Waals surface area contributed by atoms with Crippen molar-refractivity contribution in [1.29, 1.82) is 0 Å². The van der Waals surface area contributed by atoms with Gasteiger partial charge >= 0.3 is 5.97 Å². The first kappa shape index (κ1) is 22.7. The molecule has 0 saturated carbocycles. The number of hydrogen-bond donors (Lipinski definition) is 2. The minimum Gasteiger partial charge on any atom is -0.481 e. The van der Waals surface area contributed by atoms with Gasteiger partial charge < -0.3 is 10.4 Å². The van der Waals surface area contributed by atoms with Crippen molar-refractivity contribution in [2.24, 2.45) is 0 Å². The van der Waals surface area contributed by atoms with Crippen LogP contribution in [-0.4, -0.2) is 51.1 Å². The molecular weight excluding hydrogens is 462 g/mol. The zero-order valence-electron chi connectivity index (χ0n) is 17.5. The summed E-state index contributed by atoms with van der Waals surface area (Å²) >= 11 is 6.23. The van der Waals surface area contributed by atoms with Gasteiger partial charge in [0.05, 0.1) is 22.6 Å². The standard InChI is InChI=1S/C23H19N3O5S2/c1-13-6-2-4-8-15(13)24-17(27)12-26-16-9-5-3-7-14(16)19(21(26)30)20-22(31)25(23(32)33-20)11-10-18(28)29/h2-9H,10-12H2,1H3,(H,24,27)(H,28,29). The summed E-state index contributed by atoms with van der Waals surface area (Å²) in [6, 6.07) is 14.2. The zero-order valence-corrected chi connectivity index (χ0v) is 19.2. The number of fused-ring (bicyclic) bond motifs is 1. The molecule has 3 amide bonds. The van der Waals surface area contributed by atoms with Crippen LogP contribution in [0.25, 0.3) is 5.57 Å². The third-order valence-electron chi connectivity index (χ3n) is 5.27. The Morgan fingerprint density at radius 2 is 1.73 bits per heavy atom. The summed E-state index contributed by atoms with van der Waals surface area (Å²) in [5.41, 5.74) is 2.77. The lowest BCUT2D eigenvalue weighted by atomic mass is 10.1. The second kappa shape index (κ2) is 9.16. The summed E-state index contributed by atoms with van der Waals surface area (Å²) in [6.07, 6.45) is -0.259. The maximum Gasteiger partial charge on any atom is 0.305 e. The van der Waals surface area contributed by atoms with Crippen LogP contribution >= 0.6 is 24.0 Å². The lowest BCUT2D eigenvalue weighted by molar-refractivity contribution is -0.137. The lowest BCUT2D eigenvalue weighted by Gasteiger charge is -2.17. The van der Waals surface area contributed by atoms with Gasteiger partial charge in [0.25, 0.3) is 11.8 Å². The third-order valence-corrected chi connectivity index (χ3v) is 6.72. The van der Waals surface area contributed by atoms with E-state index in [9.17, 15) is 19.2 Å². The van der Waals surface area contributed by atoms with Gasteiger partial charge in [-0.3, -0.25) is 29.0 Å². The van der Waals surface area contributed by atoms with Crippen LogP contribution in [0.3, 0.4) is 0 Å². The van der Waals surface area contributed by atoms with Crippen molar-refractivity contribution < 1.29 is 24.3 Å². The SMILES string of the molecule is Cc1ccccc1NC(=O)CN1C(=O)C(=C2SC(=S)N(CCC(=O)O)C2=O)c2ccccc21. The van der Waals surface area contributed by atoms with Gasteiger partial charge in [-0.15, -0.1) is 0 Å². The van der Waals surface area contributed by atoms with Gasteiger partial charge in [0, 0.05) is 17.8 Å². The first-order chi connectivity index (χ1) is 15.8. The summed E-state index contributed by atoms with van der Waals surface area (Å²) < 4.78 is 0.199. The van der Waals surface area contributed by atoms with E-state index in [0.29, 0.717) is 16.9 Å². The van der Waals surface area contributed by atoms with Crippen molar-refractivity contribution in [3.8, 4) is 0 Å². The molecule has 2 aromatic carbocycles. The number of amides is 3. The van der Waals surface area contributed by atoms with Gasteiger partial charge in [-0.2, -0.15) is 0 Å². The average Bonchev–Trinajstić information content (AvgIpc) is 3.20. The van der Waals surface area contributed by atoms with Crippen LogP contribution in [0, 0.1) is 6.92 Å². The number of anilines is 2. The molecule has 2 aliphatic rings. The molecule has 2 aliphatic heterocycles. The predicted octanol–water partition coefficient (Wildman–Crippen LogP) is 3.03. The predicted molar refractivity (Wildman–Crippen MR) is 130 cm³/mol. The molecule has 0 unspecified atom stereocenters.